The highest BCUT2D eigenvalue weighted by atomic mass is 19.1. The molecule has 142 valence electrons. The summed E-state index contributed by atoms with van der Waals surface area (Å²) in [7, 11) is 1.60. The highest BCUT2D eigenvalue weighted by Crippen LogP contribution is 2.34. The summed E-state index contributed by atoms with van der Waals surface area (Å²) < 4.78 is 18.4. The van der Waals surface area contributed by atoms with Gasteiger partial charge in [0.15, 0.2) is 0 Å². The predicted octanol–water partition coefficient (Wildman–Crippen LogP) is 4.15. The number of methoxy groups -OCH3 is 1. The summed E-state index contributed by atoms with van der Waals surface area (Å²) in [5.41, 5.74) is 4.30. The lowest BCUT2D eigenvalue weighted by atomic mass is 9.87. The molecule has 2 N–H and O–H groups in total. The lowest BCUT2D eigenvalue weighted by Crippen LogP contribution is -2.28. The van der Waals surface area contributed by atoms with Crippen molar-refractivity contribution in [2.24, 2.45) is 0 Å². The van der Waals surface area contributed by atoms with E-state index in [1.165, 1.54) is 17.7 Å². The van der Waals surface area contributed by atoms with Crippen LogP contribution >= 0.6 is 0 Å². The number of amides is 1. The van der Waals surface area contributed by atoms with Crippen molar-refractivity contribution in [3.63, 3.8) is 0 Å². The Bertz CT molecular complexity index is 902. The highest BCUT2D eigenvalue weighted by molar-refractivity contribution is 5.88. The van der Waals surface area contributed by atoms with E-state index in [2.05, 4.69) is 29.4 Å². The second-order valence-electron chi connectivity index (χ2n) is 6.59. The number of nitrogens with one attached hydrogen (secondary N) is 2. The number of para-hydroxylation sites is 1. The number of carbonyl (C=O) groups is 1. The number of halogens is 1. The molecule has 0 saturated heterocycles. The second kappa shape index (κ2) is 8.82. The number of ether oxygens (including phenoxy) is 1. The third-order valence-corrected chi connectivity index (χ3v) is 4.88. The Morgan fingerprint density at radius 1 is 1.22 bits per heavy atom. The van der Waals surface area contributed by atoms with Gasteiger partial charge in [0, 0.05) is 43.1 Å². The Morgan fingerprint density at radius 3 is 2.70 bits per heavy atom. The Labute approximate surface area is 158 Å². The Morgan fingerprint density at radius 2 is 2.00 bits per heavy atom. The Kier molecular flexibility index (Phi) is 6.24. The molecule has 0 bridgehead atoms. The summed E-state index contributed by atoms with van der Waals surface area (Å²) in [4.78, 5) is 15.8. The Hall–Kier alpha value is -2.66. The minimum atomic E-state index is -0.283. The van der Waals surface area contributed by atoms with Gasteiger partial charge in [0.2, 0.25) is 5.91 Å². The molecule has 27 heavy (non-hydrogen) atoms. The topological polar surface area (TPSA) is 54.1 Å². The van der Waals surface area contributed by atoms with Crippen molar-refractivity contribution >= 4 is 16.8 Å². The van der Waals surface area contributed by atoms with Crippen LogP contribution in [-0.2, 0) is 16.0 Å². The van der Waals surface area contributed by atoms with Gasteiger partial charge in [0.05, 0.1) is 6.61 Å². The minimum absolute atomic E-state index is 0.0534. The van der Waals surface area contributed by atoms with Crippen molar-refractivity contribution in [2.75, 3.05) is 20.3 Å². The first-order valence-electron chi connectivity index (χ1n) is 9.24. The van der Waals surface area contributed by atoms with Crippen LogP contribution in [0.25, 0.3) is 10.9 Å². The summed E-state index contributed by atoms with van der Waals surface area (Å²) in [5.74, 6) is -0.495. The smallest absolute Gasteiger partial charge is 0.221 e. The van der Waals surface area contributed by atoms with Crippen molar-refractivity contribution in [3.05, 3.63) is 71.2 Å². The van der Waals surface area contributed by atoms with E-state index in [1.807, 2.05) is 12.3 Å². The molecule has 0 aliphatic rings. The quantitative estimate of drug-likeness (QED) is 0.587. The normalized spacial score (nSPS) is 12.3. The maximum Gasteiger partial charge on any atom is 0.221 e. The number of carbonyl (C=O) groups excluding carboxylic acids is 1. The lowest BCUT2D eigenvalue weighted by Gasteiger charge is -2.17. The van der Waals surface area contributed by atoms with Crippen molar-refractivity contribution in [1.82, 2.24) is 10.3 Å². The average molecular weight is 368 g/mol. The lowest BCUT2D eigenvalue weighted by molar-refractivity contribution is -0.121. The molecule has 5 heteroatoms. The molecule has 1 amide bonds. The SMILES string of the molecule is CCc1cccc2c([C@@H](CC(=O)NCCOC)c3ccc(F)cc3)c[nH]c12. The van der Waals surface area contributed by atoms with Crippen LogP contribution in [0, 0.1) is 5.82 Å². The second-order valence-corrected chi connectivity index (χ2v) is 6.59. The third-order valence-electron chi connectivity index (χ3n) is 4.88. The molecule has 3 rings (SSSR count). The predicted molar refractivity (Wildman–Crippen MR) is 105 cm³/mol. The zero-order valence-corrected chi connectivity index (χ0v) is 15.7. The zero-order chi connectivity index (χ0) is 19.2. The molecule has 3 aromatic rings. The summed E-state index contributed by atoms with van der Waals surface area (Å²) >= 11 is 0. The van der Waals surface area contributed by atoms with E-state index in [4.69, 9.17) is 4.74 Å². The van der Waals surface area contributed by atoms with Crippen molar-refractivity contribution in [1.29, 1.82) is 0 Å². The molecule has 0 radical (unpaired) electrons. The van der Waals surface area contributed by atoms with Gasteiger partial charge in [-0.2, -0.15) is 0 Å². The van der Waals surface area contributed by atoms with Crippen LogP contribution in [0.15, 0.2) is 48.7 Å². The van der Waals surface area contributed by atoms with Crippen LogP contribution in [-0.4, -0.2) is 31.2 Å². The summed E-state index contributed by atoms with van der Waals surface area (Å²) in [5, 5.41) is 3.98. The fourth-order valence-electron chi connectivity index (χ4n) is 3.47. The number of aryl methyl sites for hydroxylation is 1. The minimum Gasteiger partial charge on any atom is -0.383 e. The number of rotatable bonds is 8. The van der Waals surface area contributed by atoms with Gasteiger partial charge in [-0.3, -0.25) is 4.79 Å². The first-order chi connectivity index (χ1) is 13.1. The molecule has 0 aliphatic carbocycles. The largest absolute Gasteiger partial charge is 0.383 e. The van der Waals surface area contributed by atoms with Gasteiger partial charge in [-0.1, -0.05) is 37.3 Å². The number of aromatic nitrogens is 1. The molecule has 0 saturated carbocycles. The van der Waals surface area contributed by atoms with Crippen LogP contribution in [0.2, 0.25) is 0 Å². The molecule has 0 fully saturated rings. The number of hydrogen-bond acceptors (Lipinski definition) is 2. The molecule has 0 spiro atoms. The van der Waals surface area contributed by atoms with Crippen molar-refractivity contribution < 1.29 is 13.9 Å². The van der Waals surface area contributed by atoms with E-state index >= 15 is 0 Å². The van der Waals surface area contributed by atoms with Crippen LogP contribution in [0.1, 0.15) is 36.0 Å². The van der Waals surface area contributed by atoms with Crippen LogP contribution in [0.5, 0.6) is 0 Å². The molecule has 1 aromatic heterocycles. The third kappa shape index (κ3) is 4.37. The first kappa shape index (κ1) is 19.1. The fraction of sp³-hybridized carbons (Fsp3) is 0.318. The van der Waals surface area contributed by atoms with Gasteiger partial charge in [-0.05, 0) is 35.2 Å². The molecule has 4 nitrogen and oxygen atoms in total. The number of benzene rings is 2. The molecule has 1 heterocycles. The Balaban J connectivity index is 1.97. The molecule has 0 aliphatic heterocycles. The highest BCUT2D eigenvalue weighted by Gasteiger charge is 2.22. The zero-order valence-electron chi connectivity index (χ0n) is 15.7. The molecule has 1 atom stereocenters. The summed E-state index contributed by atoms with van der Waals surface area (Å²) in [6.07, 6.45) is 3.19. The van der Waals surface area contributed by atoms with Gasteiger partial charge in [-0.15, -0.1) is 0 Å². The van der Waals surface area contributed by atoms with Crippen LogP contribution in [0.3, 0.4) is 0 Å². The van der Waals surface area contributed by atoms with E-state index in [-0.39, 0.29) is 17.6 Å². The van der Waals surface area contributed by atoms with E-state index in [0.717, 1.165) is 28.5 Å². The van der Waals surface area contributed by atoms with Gasteiger partial charge in [0.1, 0.15) is 5.82 Å². The fourth-order valence-corrected chi connectivity index (χ4v) is 3.47. The van der Waals surface area contributed by atoms with Gasteiger partial charge < -0.3 is 15.0 Å². The van der Waals surface area contributed by atoms with Crippen LogP contribution < -0.4 is 5.32 Å². The van der Waals surface area contributed by atoms with Crippen molar-refractivity contribution in [3.8, 4) is 0 Å². The number of fused-ring (bicyclic) bond motifs is 1. The molecular formula is C22H25FN2O2. The van der Waals surface area contributed by atoms with Gasteiger partial charge >= 0.3 is 0 Å². The average Bonchev–Trinajstić information content (AvgIpc) is 3.11. The van der Waals surface area contributed by atoms with E-state index in [9.17, 15) is 9.18 Å². The molecule has 2 aromatic carbocycles. The van der Waals surface area contributed by atoms with Crippen molar-refractivity contribution in [2.45, 2.75) is 25.7 Å². The van der Waals surface area contributed by atoms with E-state index in [1.54, 1.807) is 19.2 Å². The van der Waals surface area contributed by atoms with E-state index in [0.29, 0.717) is 19.6 Å². The van der Waals surface area contributed by atoms with Gasteiger partial charge in [0.25, 0.3) is 0 Å². The number of hydrogen-bond donors (Lipinski definition) is 2. The molecular weight excluding hydrogens is 343 g/mol. The maximum absolute atomic E-state index is 13.4. The first-order valence-corrected chi connectivity index (χ1v) is 9.24. The standard InChI is InChI=1S/C22H25FN2O2/c1-3-15-5-4-6-18-20(14-25-22(15)18)19(13-21(26)24-11-12-27-2)16-7-9-17(23)10-8-16/h4-10,14,19,25H,3,11-13H2,1-2H3,(H,24,26)/t19-/m0/s1. The van der Waals surface area contributed by atoms with E-state index < -0.39 is 0 Å². The monoisotopic (exact) mass is 368 g/mol. The summed E-state index contributed by atoms with van der Waals surface area (Å²) in [6, 6.07) is 12.6. The summed E-state index contributed by atoms with van der Waals surface area (Å²) in [6.45, 7) is 3.06. The van der Waals surface area contributed by atoms with Crippen LogP contribution in [0.4, 0.5) is 4.39 Å². The maximum atomic E-state index is 13.4. The number of aromatic amines is 1. The number of H-pyrrole nitrogens is 1. The van der Waals surface area contributed by atoms with Gasteiger partial charge in [-0.25, -0.2) is 4.39 Å². The molecule has 0 unspecified atom stereocenters.